The quantitative estimate of drug-likeness (QED) is 0.626. The largest absolute Gasteiger partial charge is 0.497 e. The normalized spacial score (nSPS) is 10.7. The van der Waals surface area contributed by atoms with E-state index in [1.165, 1.54) is 23.8 Å². The SMILES string of the molecule is COc1cccc(CCCNC(=O)/C=C/c2ccc(F)cc2)c1. The monoisotopic (exact) mass is 313 g/mol. The lowest BCUT2D eigenvalue weighted by Gasteiger charge is -2.05. The highest BCUT2D eigenvalue weighted by Gasteiger charge is 1.98. The minimum Gasteiger partial charge on any atom is -0.497 e. The summed E-state index contributed by atoms with van der Waals surface area (Å²) in [5.74, 6) is 0.401. The summed E-state index contributed by atoms with van der Waals surface area (Å²) in [5.41, 5.74) is 1.97. The van der Waals surface area contributed by atoms with E-state index in [0.717, 1.165) is 24.2 Å². The molecule has 1 N–H and O–H groups in total. The molecule has 0 saturated carbocycles. The maximum Gasteiger partial charge on any atom is 0.243 e. The van der Waals surface area contributed by atoms with Crippen molar-refractivity contribution in [3.63, 3.8) is 0 Å². The fraction of sp³-hybridized carbons (Fsp3) is 0.211. The van der Waals surface area contributed by atoms with E-state index in [2.05, 4.69) is 5.32 Å². The minimum atomic E-state index is -0.288. The van der Waals surface area contributed by atoms with Crippen molar-refractivity contribution in [2.24, 2.45) is 0 Å². The van der Waals surface area contributed by atoms with Crippen LogP contribution in [-0.4, -0.2) is 19.6 Å². The number of carbonyl (C=O) groups is 1. The van der Waals surface area contributed by atoms with Gasteiger partial charge in [0.1, 0.15) is 11.6 Å². The van der Waals surface area contributed by atoms with E-state index in [4.69, 9.17) is 4.74 Å². The average molecular weight is 313 g/mol. The van der Waals surface area contributed by atoms with E-state index in [1.54, 1.807) is 25.3 Å². The summed E-state index contributed by atoms with van der Waals surface area (Å²) in [6, 6.07) is 13.9. The molecule has 0 fully saturated rings. The van der Waals surface area contributed by atoms with Gasteiger partial charge in [0.25, 0.3) is 0 Å². The molecule has 0 heterocycles. The highest BCUT2D eigenvalue weighted by molar-refractivity contribution is 5.91. The van der Waals surface area contributed by atoms with E-state index in [1.807, 2.05) is 24.3 Å². The molecule has 0 aliphatic rings. The van der Waals surface area contributed by atoms with E-state index < -0.39 is 0 Å². The van der Waals surface area contributed by atoms with Gasteiger partial charge in [0.2, 0.25) is 5.91 Å². The molecule has 0 atom stereocenters. The third-order valence-corrected chi connectivity index (χ3v) is 3.37. The number of ether oxygens (including phenoxy) is 1. The van der Waals surface area contributed by atoms with Crippen LogP contribution in [0.5, 0.6) is 5.75 Å². The van der Waals surface area contributed by atoms with Gasteiger partial charge in [-0.05, 0) is 54.3 Å². The standard InChI is InChI=1S/C19H20FNO2/c1-23-18-6-2-4-16(14-18)5-3-13-21-19(22)12-9-15-7-10-17(20)11-8-15/h2,4,6-12,14H,3,5,13H2,1H3,(H,21,22)/b12-9+. The van der Waals surface area contributed by atoms with Gasteiger partial charge in [-0.15, -0.1) is 0 Å². The highest BCUT2D eigenvalue weighted by atomic mass is 19.1. The Hall–Kier alpha value is -2.62. The van der Waals surface area contributed by atoms with Crippen LogP contribution < -0.4 is 10.1 Å². The molecule has 4 heteroatoms. The molecule has 2 aromatic rings. The van der Waals surface area contributed by atoms with Crippen molar-refractivity contribution in [2.45, 2.75) is 12.8 Å². The number of hydrogen-bond donors (Lipinski definition) is 1. The number of rotatable bonds is 7. The molecule has 0 radical (unpaired) electrons. The average Bonchev–Trinajstić information content (AvgIpc) is 2.58. The second-order valence-electron chi connectivity index (χ2n) is 5.13. The number of aryl methyl sites for hydroxylation is 1. The van der Waals surface area contributed by atoms with Crippen molar-refractivity contribution in [1.29, 1.82) is 0 Å². The van der Waals surface area contributed by atoms with Crippen molar-refractivity contribution in [3.05, 3.63) is 71.6 Å². The first kappa shape index (κ1) is 16.7. The van der Waals surface area contributed by atoms with Crippen LogP contribution in [0.15, 0.2) is 54.6 Å². The van der Waals surface area contributed by atoms with Crippen molar-refractivity contribution in [2.75, 3.05) is 13.7 Å². The summed E-state index contributed by atoms with van der Waals surface area (Å²) in [6.07, 6.45) is 4.85. The van der Waals surface area contributed by atoms with E-state index in [0.29, 0.717) is 6.54 Å². The van der Waals surface area contributed by atoms with Crippen LogP contribution in [0.2, 0.25) is 0 Å². The number of halogens is 1. The van der Waals surface area contributed by atoms with Crippen LogP contribution in [0.1, 0.15) is 17.5 Å². The van der Waals surface area contributed by atoms with Gasteiger partial charge in [-0.1, -0.05) is 24.3 Å². The van der Waals surface area contributed by atoms with Gasteiger partial charge in [0, 0.05) is 12.6 Å². The van der Waals surface area contributed by atoms with E-state index in [9.17, 15) is 9.18 Å². The molecule has 0 bridgehead atoms. The van der Waals surface area contributed by atoms with E-state index in [-0.39, 0.29) is 11.7 Å². The van der Waals surface area contributed by atoms with Gasteiger partial charge in [-0.2, -0.15) is 0 Å². The summed E-state index contributed by atoms with van der Waals surface area (Å²) in [4.78, 5) is 11.7. The molecular weight excluding hydrogens is 293 g/mol. The number of amides is 1. The van der Waals surface area contributed by atoms with Crippen molar-refractivity contribution >= 4 is 12.0 Å². The van der Waals surface area contributed by atoms with Crippen LogP contribution in [0, 0.1) is 5.82 Å². The lowest BCUT2D eigenvalue weighted by molar-refractivity contribution is -0.116. The predicted molar refractivity (Wildman–Crippen MR) is 89.8 cm³/mol. The predicted octanol–water partition coefficient (Wildman–Crippen LogP) is 3.60. The summed E-state index contributed by atoms with van der Waals surface area (Å²) < 4.78 is 17.9. The molecule has 0 aliphatic carbocycles. The fourth-order valence-electron chi connectivity index (χ4n) is 2.14. The highest BCUT2D eigenvalue weighted by Crippen LogP contribution is 2.13. The molecule has 0 aliphatic heterocycles. The topological polar surface area (TPSA) is 38.3 Å². The first-order chi connectivity index (χ1) is 11.2. The molecule has 2 rings (SSSR count). The van der Waals surface area contributed by atoms with Gasteiger partial charge < -0.3 is 10.1 Å². The lowest BCUT2D eigenvalue weighted by Crippen LogP contribution is -2.22. The Morgan fingerprint density at radius 2 is 2.00 bits per heavy atom. The first-order valence-corrected chi connectivity index (χ1v) is 7.52. The lowest BCUT2D eigenvalue weighted by atomic mass is 10.1. The zero-order valence-corrected chi connectivity index (χ0v) is 13.1. The molecule has 23 heavy (non-hydrogen) atoms. The van der Waals surface area contributed by atoms with Crippen LogP contribution in [0.25, 0.3) is 6.08 Å². The van der Waals surface area contributed by atoms with Crippen molar-refractivity contribution in [3.8, 4) is 5.75 Å². The van der Waals surface area contributed by atoms with Crippen molar-refractivity contribution in [1.82, 2.24) is 5.32 Å². The molecule has 120 valence electrons. The maximum atomic E-state index is 12.8. The number of hydrogen-bond acceptors (Lipinski definition) is 2. The molecule has 1 amide bonds. The Bertz CT molecular complexity index is 665. The molecule has 0 aromatic heterocycles. The Labute approximate surface area is 135 Å². The summed E-state index contributed by atoms with van der Waals surface area (Å²) >= 11 is 0. The van der Waals surface area contributed by atoms with Gasteiger partial charge >= 0.3 is 0 Å². The Kier molecular flexibility index (Phi) is 6.36. The Morgan fingerprint density at radius 1 is 1.22 bits per heavy atom. The van der Waals surface area contributed by atoms with E-state index >= 15 is 0 Å². The molecular formula is C19H20FNO2. The van der Waals surface area contributed by atoms with Gasteiger partial charge in [-0.3, -0.25) is 4.79 Å². The summed E-state index contributed by atoms with van der Waals surface area (Å²) in [6.45, 7) is 0.601. The van der Waals surface area contributed by atoms with Crippen molar-refractivity contribution < 1.29 is 13.9 Å². The van der Waals surface area contributed by atoms with Crippen LogP contribution in [-0.2, 0) is 11.2 Å². The molecule has 0 spiro atoms. The number of methoxy groups -OCH3 is 1. The molecule has 2 aromatic carbocycles. The third kappa shape index (κ3) is 5.94. The van der Waals surface area contributed by atoms with Crippen LogP contribution >= 0.6 is 0 Å². The number of nitrogens with one attached hydrogen (secondary N) is 1. The molecule has 3 nitrogen and oxygen atoms in total. The maximum absolute atomic E-state index is 12.8. The second-order valence-corrected chi connectivity index (χ2v) is 5.13. The third-order valence-electron chi connectivity index (χ3n) is 3.37. The van der Waals surface area contributed by atoms with Gasteiger partial charge in [0.15, 0.2) is 0 Å². The van der Waals surface area contributed by atoms with Crippen LogP contribution in [0.3, 0.4) is 0 Å². The molecule has 0 saturated heterocycles. The number of benzene rings is 2. The summed E-state index contributed by atoms with van der Waals surface area (Å²) in [7, 11) is 1.65. The first-order valence-electron chi connectivity index (χ1n) is 7.52. The van der Waals surface area contributed by atoms with Crippen LogP contribution in [0.4, 0.5) is 4.39 Å². The smallest absolute Gasteiger partial charge is 0.243 e. The second kappa shape index (κ2) is 8.73. The fourth-order valence-corrected chi connectivity index (χ4v) is 2.14. The zero-order valence-electron chi connectivity index (χ0n) is 13.1. The zero-order chi connectivity index (χ0) is 16.5. The van der Waals surface area contributed by atoms with Gasteiger partial charge in [-0.25, -0.2) is 4.39 Å². The Balaban J connectivity index is 1.71. The molecule has 0 unspecified atom stereocenters. The Morgan fingerprint density at radius 3 is 2.74 bits per heavy atom. The summed E-state index contributed by atoms with van der Waals surface area (Å²) in [5, 5.41) is 2.83. The number of carbonyl (C=O) groups excluding carboxylic acids is 1. The van der Waals surface area contributed by atoms with Gasteiger partial charge in [0.05, 0.1) is 7.11 Å². The minimum absolute atomic E-state index is 0.153.